The van der Waals surface area contributed by atoms with Gasteiger partial charge in [0.2, 0.25) is 0 Å². The number of pyridine rings is 1. The van der Waals surface area contributed by atoms with Crippen LogP contribution >= 0.6 is 0 Å². The number of amides is 2. The summed E-state index contributed by atoms with van der Waals surface area (Å²) in [5.41, 5.74) is 4.80. The molecule has 0 saturated heterocycles. The van der Waals surface area contributed by atoms with E-state index in [0.29, 0.717) is 19.5 Å². The first-order valence-corrected chi connectivity index (χ1v) is 13.5. The average Bonchev–Trinajstić information content (AvgIpc) is 3.32. The van der Waals surface area contributed by atoms with Crippen molar-refractivity contribution >= 4 is 24.4 Å². The molecule has 6 rings (SSSR count). The van der Waals surface area contributed by atoms with Crippen molar-refractivity contribution in [3.63, 3.8) is 0 Å². The number of likely N-dealkylation sites (N-methyl/N-ethyl adjacent to an activating group) is 1. The summed E-state index contributed by atoms with van der Waals surface area (Å²) >= 11 is 0. The topological polar surface area (TPSA) is 116 Å². The Labute approximate surface area is 232 Å². The van der Waals surface area contributed by atoms with Crippen LogP contribution in [0.4, 0.5) is 0 Å². The standard InChI is InChI=1S/C30H30N8O2/c1-37-27(22-7-3-2-4-8-22)26(23-16-32-19-36-28(23)37)30(40)38-12-9-21(10-13-38)24-17-34-25(18-33-24)29(39)35-15-20-6-5-11-31-14-20/h2-3,5-7,9,11-12,14,16-19,21,23,28H,4,8,10,13,15H2,1H3,(H,35,39). The third-order valence-electron chi connectivity index (χ3n) is 7.64. The van der Waals surface area contributed by atoms with Gasteiger partial charge in [0.25, 0.3) is 11.8 Å². The molecule has 2 aromatic rings. The van der Waals surface area contributed by atoms with Crippen LogP contribution in [0.1, 0.15) is 46.9 Å². The highest BCUT2D eigenvalue weighted by Gasteiger charge is 2.44. The Morgan fingerprint density at radius 1 is 1.18 bits per heavy atom. The second-order valence-electron chi connectivity index (χ2n) is 10.1. The molecule has 202 valence electrons. The van der Waals surface area contributed by atoms with Gasteiger partial charge in [0.15, 0.2) is 0 Å². The third kappa shape index (κ3) is 5.00. The Hall–Kier alpha value is -4.73. The molecular weight excluding hydrogens is 504 g/mol. The van der Waals surface area contributed by atoms with Crippen LogP contribution in [-0.4, -0.2) is 68.9 Å². The molecule has 2 aromatic heterocycles. The van der Waals surface area contributed by atoms with Crippen LogP contribution in [0, 0.1) is 5.92 Å². The molecule has 1 aliphatic carbocycles. The first kappa shape index (κ1) is 25.5. The van der Waals surface area contributed by atoms with Gasteiger partial charge in [-0.3, -0.25) is 19.6 Å². The summed E-state index contributed by atoms with van der Waals surface area (Å²) in [5.74, 6) is -0.488. The molecule has 0 bridgehead atoms. The van der Waals surface area contributed by atoms with E-state index in [0.717, 1.165) is 40.9 Å². The summed E-state index contributed by atoms with van der Waals surface area (Å²) in [7, 11) is 2.01. The summed E-state index contributed by atoms with van der Waals surface area (Å²) in [6, 6.07) is 3.72. The molecule has 0 fully saturated rings. The van der Waals surface area contributed by atoms with Crippen LogP contribution in [0.3, 0.4) is 0 Å². The Morgan fingerprint density at radius 3 is 2.83 bits per heavy atom. The molecular formula is C30H30N8O2. The van der Waals surface area contributed by atoms with Gasteiger partial charge in [-0.2, -0.15) is 0 Å². The van der Waals surface area contributed by atoms with E-state index in [9.17, 15) is 9.59 Å². The van der Waals surface area contributed by atoms with Gasteiger partial charge in [0, 0.05) is 57.1 Å². The Kier molecular flexibility index (Phi) is 7.13. The number of nitrogens with zero attached hydrogens (tertiary/aromatic N) is 7. The van der Waals surface area contributed by atoms with E-state index in [1.807, 2.05) is 37.7 Å². The molecule has 40 heavy (non-hydrogen) atoms. The fourth-order valence-electron chi connectivity index (χ4n) is 5.55. The highest BCUT2D eigenvalue weighted by molar-refractivity contribution is 6.01. The van der Waals surface area contributed by atoms with Gasteiger partial charge in [0.1, 0.15) is 18.2 Å². The van der Waals surface area contributed by atoms with Crippen LogP contribution in [0.5, 0.6) is 0 Å². The first-order valence-electron chi connectivity index (χ1n) is 13.5. The normalized spacial score (nSPS) is 23.3. The van der Waals surface area contributed by atoms with Crippen molar-refractivity contribution in [1.82, 2.24) is 30.1 Å². The quantitative estimate of drug-likeness (QED) is 0.609. The number of nitrogens with one attached hydrogen (secondary N) is 1. The number of hydrogen-bond donors (Lipinski definition) is 1. The summed E-state index contributed by atoms with van der Waals surface area (Å²) in [6.45, 7) is 0.916. The second kappa shape index (κ2) is 11.2. The van der Waals surface area contributed by atoms with Crippen molar-refractivity contribution in [3.05, 3.63) is 101 Å². The highest BCUT2D eigenvalue weighted by Crippen LogP contribution is 2.41. The molecule has 10 nitrogen and oxygen atoms in total. The number of hydrogen-bond acceptors (Lipinski definition) is 8. The molecule has 2 amide bonds. The number of rotatable bonds is 6. The molecule has 10 heteroatoms. The van der Waals surface area contributed by atoms with Crippen molar-refractivity contribution in [1.29, 1.82) is 0 Å². The lowest BCUT2D eigenvalue weighted by atomic mass is 9.92. The van der Waals surface area contributed by atoms with E-state index in [4.69, 9.17) is 0 Å². The van der Waals surface area contributed by atoms with E-state index >= 15 is 0 Å². The fourth-order valence-corrected chi connectivity index (χ4v) is 5.55. The molecule has 5 heterocycles. The lowest BCUT2D eigenvalue weighted by Gasteiger charge is -2.28. The van der Waals surface area contributed by atoms with Crippen molar-refractivity contribution in [2.24, 2.45) is 15.9 Å². The van der Waals surface area contributed by atoms with Crippen LogP contribution in [-0.2, 0) is 11.3 Å². The maximum atomic E-state index is 13.9. The smallest absolute Gasteiger partial charge is 0.271 e. The van der Waals surface area contributed by atoms with Gasteiger partial charge in [0.05, 0.1) is 29.1 Å². The summed E-state index contributed by atoms with van der Waals surface area (Å²) in [6.07, 6.45) is 22.5. The zero-order chi connectivity index (χ0) is 27.5. The average molecular weight is 535 g/mol. The summed E-state index contributed by atoms with van der Waals surface area (Å²) < 4.78 is 0. The maximum absolute atomic E-state index is 13.9. The molecule has 3 aliphatic heterocycles. The van der Waals surface area contributed by atoms with Crippen LogP contribution in [0.15, 0.2) is 94.3 Å². The monoisotopic (exact) mass is 534 g/mol. The molecule has 1 N–H and O–H groups in total. The highest BCUT2D eigenvalue weighted by atomic mass is 16.2. The molecule has 0 saturated carbocycles. The SMILES string of the molecule is CN1C(C2=CC=CCC2)=C(C(=O)N2C=CC(c3cnc(C(=O)NCc4cccnc4)cn3)CC2)C2C=NC=NC21. The Balaban J connectivity index is 1.15. The number of aromatic nitrogens is 3. The van der Waals surface area contributed by atoms with Crippen LogP contribution < -0.4 is 5.32 Å². The minimum Gasteiger partial charge on any atom is -0.351 e. The van der Waals surface area contributed by atoms with E-state index in [-0.39, 0.29) is 35.5 Å². The predicted octanol–water partition coefficient (Wildman–Crippen LogP) is 3.16. The minimum atomic E-state index is -0.290. The number of fused-ring (bicyclic) bond motifs is 1. The minimum absolute atomic E-state index is 0.00328. The number of carbonyl (C=O) groups excluding carboxylic acids is 2. The predicted molar refractivity (Wildman–Crippen MR) is 151 cm³/mol. The fraction of sp³-hybridized carbons (Fsp3) is 0.300. The summed E-state index contributed by atoms with van der Waals surface area (Å²) in [5, 5.41) is 2.84. The third-order valence-corrected chi connectivity index (χ3v) is 7.64. The molecule has 0 spiro atoms. The largest absolute Gasteiger partial charge is 0.351 e. The Bertz CT molecular complexity index is 1470. The molecule has 3 unspecified atom stereocenters. The molecule has 0 radical (unpaired) electrons. The first-order chi connectivity index (χ1) is 19.6. The van der Waals surface area contributed by atoms with Gasteiger partial charge >= 0.3 is 0 Å². The van der Waals surface area contributed by atoms with Crippen LogP contribution in [0.25, 0.3) is 0 Å². The van der Waals surface area contributed by atoms with E-state index < -0.39 is 0 Å². The number of carbonyl (C=O) groups is 2. The zero-order valence-corrected chi connectivity index (χ0v) is 22.2. The summed E-state index contributed by atoms with van der Waals surface area (Å²) in [4.78, 5) is 52.1. The zero-order valence-electron chi connectivity index (χ0n) is 22.2. The van der Waals surface area contributed by atoms with Crippen molar-refractivity contribution in [2.75, 3.05) is 13.6 Å². The van der Waals surface area contributed by atoms with E-state index in [1.54, 1.807) is 29.8 Å². The molecule has 3 atom stereocenters. The van der Waals surface area contributed by atoms with Gasteiger partial charge < -0.3 is 15.1 Å². The van der Waals surface area contributed by atoms with E-state index in [2.05, 4.69) is 53.4 Å². The maximum Gasteiger partial charge on any atom is 0.271 e. The van der Waals surface area contributed by atoms with E-state index in [1.165, 1.54) is 6.20 Å². The Morgan fingerprint density at radius 2 is 2.10 bits per heavy atom. The van der Waals surface area contributed by atoms with Gasteiger partial charge in [-0.1, -0.05) is 30.4 Å². The van der Waals surface area contributed by atoms with Crippen molar-refractivity contribution < 1.29 is 9.59 Å². The van der Waals surface area contributed by atoms with Gasteiger partial charge in [-0.05, 0) is 36.5 Å². The van der Waals surface area contributed by atoms with Crippen LogP contribution in [0.2, 0.25) is 0 Å². The molecule has 0 aromatic carbocycles. The number of allylic oxidation sites excluding steroid dienone is 5. The number of aliphatic imine (C=N–C) groups is 2. The lowest BCUT2D eigenvalue weighted by molar-refractivity contribution is -0.125. The lowest BCUT2D eigenvalue weighted by Crippen LogP contribution is -2.36. The van der Waals surface area contributed by atoms with Crippen molar-refractivity contribution in [3.8, 4) is 0 Å². The molecule has 4 aliphatic rings. The second-order valence-corrected chi connectivity index (χ2v) is 10.1. The van der Waals surface area contributed by atoms with Gasteiger partial charge in [-0.15, -0.1) is 0 Å². The van der Waals surface area contributed by atoms with Crippen molar-refractivity contribution in [2.45, 2.75) is 37.9 Å². The van der Waals surface area contributed by atoms with Gasteiger partial charge in [-0.25, -0.2) is 15.0 Å².